The fourth-order valence-electron chi connectivity index (χ4n) is 7.17. The first kappa shape index (κ1) is 25.3. The molecule has 3 rings (SSSR count). The summed E-state index contributed by atoms with van der Waals surface area (Å²) in [5.74, 6) is -0.600. The lowest BCUT2D eigenvalue weighted by Gasteiger charge is -2.57. The third-order valence-corrected chi connectivity index (χ3v) is 74.7. The molecular weight excluding hydrogens is 443 g/mol. The number of ether oxygens (including phenoxy) is 3. The lowest BCUT2D eigenvalue weighted by atomic mass is 10.1. The van der Waals surface area contributed by atoms with Crippen LogP contribution in [-0.4, -0.2) is 84.6 Å². The first-order chi connectivity index (χ1) is 13.5. The Morgan fingerprint density at radius 2 is 1.33 bits per heavy atom. The minimum absolute atomic E-state index is 0.00535. The first-order valence-electron chi connectivity index (χ1n) is 11.9. The van der Waals surface area contributed by atoms with E-state index in [0.29, 0.717) is 0 Å². The maximum atomic E-state index is 7.69. The predicted octanol–water partition coefficient (Wildman–Crippen LogP) is 4.54. The Morgan fingerprint density at radius 1 is 0.833 bits per heavy atom. The highest BCUT2D eigenvalue weighted by molar-refractivity contribution is 7.87. The number of likely N-dealkylation sites (tertiary alicyclic amines) is 1. The van der Waals surface area contributed by atoms with Gasteiger partial charge >= 0.3 is 0 Å². The van der Waals surface area contributed by atoms with Crippen LogP contribution in [0.2, 0.25) is 58.9 Å². The van der Waals surface area contributed by atoms with Crippen LogP contribution >= 0.6 is 0 Å². The molecule has 0 unspecified atom stereocenters. The third kappa shape index (κ3) is 4.52. The van der Waals surface area contributed by atoms with E-state index in [0.717, 1.165) is 6.54 Å². The van der Waals surface area contributed by atoms with Crippen LogP contribution in [0.5, 0.6) is 0 Å². The number of nitrogens with zero attached hydrogens (tertiary/aromatic N) is 1. The number of hydrogen-bond donors (Lipinski definition) is 0. The van der Waals surface area contributed by atoms with Crippen molar-refractivity contribution in [3.63, 3.8) is 0 Å². The van der Waals surface area contributed by atoms with Gasteiger partial charge in [0.05, 0.1) is 22.8 Å². The molecule has 3 heterocycles. The summed E-state index contributed by atoms with van der Waals surface area (Å²) in [6, 6.07) is 0. The highest BCUT2D eigenvalue weighted by Gasteiger charge is 2.67. The van der Waals surface area contributed by atoms with E-state index in [1.54, 1.807) is 0 Å². The Balaban J connectivity index is 1.99. The molecule has 0 radical (unpaired) electrons. The summed E-state index contributed by atoms with van der Waals surface area (Å²) in [6.07, 6.45) is 2.22. The van der Waals surface area contributed by atoms with Gasteiger partial charge in [0.25, 0.3) is 0 Å². The van der Waals surface area contributed by atoms with Crippen molar-refractivity contribution in [3.8, 4) is 0 Å². The van der Waals surface area contributed by atoms with Crippen LogP contribution in [0.1, 0.15) is 26.7 Å². The molecule has 30 heavy (non-hydrogen) atoms. The van der Waals surface area contributed by atoms with Crippen molar-refractivity contribution in [1.29, 1.82) is 0 Å². The molecule has 0 bridgehead atoms. The van der Waals surface area contributed by atoms with Crippen LogP contribution in [0.3, 0.4) is 0 Å². The van der Waals surface area contributed by atoms with Crippen molar-refractivity contribution >= 4 is 29.6 Å². The third-order valence-electron chi connectivity index (χ3n) is 7.21. The van der Waals surface area contributed by atoms with Gasteiger partial charge in [-0.3, -0.25) is 0 Å². The normalized spacial score (nSPS) is 33.3. The van der Waals surface area contributed by atoms with E-state index in [-0.39, 0.29) is 24.6 Å². The predicted molar refractivity (Wildman–Crippen MR) is 135 cm³/mol. The fraction of sp³-hybridized carbons (Fsp3) is 1.00. The molecule has 0 aromatic rings. The largest absolute Gasteiger partial charge is 0.417 e. The average Bonchev–Trinajstić information content (AvgIpc) is 3.17. The summed E-state index contributed by atoms with van der Waals surface area (Å²) in [5, 5.41) is 0. The van der Waals surface area contributed by atoms with Gasteiger partial charge in [-0.05, 0) is 39.8 Å². The van der Waals surface area contributed by atoms with Crippen molar-refractivity contribution in [2.75, 3.05) is 19.6 Å². The summed E-state index contributed by atoms with van der Waals surface area (Å²) in [5.41, 5.74) is 0. The highest BCUT2D eigenvalue weighted by Crippen LogP contribution is 2.45. The maximum Gasteiger partial charge on any atom is 0.190 e. The van der Waals surface area contributed by atoms with Gasteiger partial charge in [-0.15, -0.1) is 0 Å². The maximum absolute atomic E-state index is 7.69. The van der Waals surface area contributed by atoms with E-state index >= 15 is 0 Å². The standard InChI is InChI=1S/C21H47NO4Si4/c1-21(2)24-19-18(17(23-20(19)25-21)16-22-14-12-13-15-22)26-30(27(3,4)5,28(6,7)8)29(9,10)11/h17-20H,12-16H2,1-11H3/t17-,18+,19-,20-/m1/s1. The topological polar surface area (TPSA) is 40.2 Å². The molecule has 3 fully saturated rings. The van der Waals surface area contributed by atoms with Gasteiger partial charge in [0, 0.05) is 6.54 Å². The molecule has 0 aromatic heterocycles. The van der Waals surface area contributed by atoms with E-state index in [2.05, 4.69) is 63.8 Å². The Hall–Kier alpha value is 0.668. The van der Waals surface area contributed by atoms with Gasteiger partial charge in [0.2, 0.25) is 0 Å². The smallest absolute Gasteiger partial charge is 0.190 e. The van der Waals surface area contributed by atoms with E-state index in [4.69, 9.17) is 18.6 Å². The van der Waals surface area contributed by atoms with Crippen LogP contribution in [0.25, 0.3) is 0 Å². The summed E-state index contributed by atoms with van der Waals surface area (Å²) >= 11 is 0. The summed E-state index contributed by atoms with van der Waals surface area (Å²) in [4.78, 5) is 2.55. The lowest BCUT2D eigenvalue weighted by molar-refractivity contribution is -0.214. The SMILES string of the molecule is CC1(C)O[C@H]2O[C@H](CN3CCCC3)[C@H](O[Si]([Si](C)(C)C)([Si](C)(C)C)[Si](C)(C)C)[C@H]2O1. The van der Waals surface area contributed by atoms with Crippen molar-refractivity contribution in [1.82, 2.24) is 4.90 Å². The molecule has 3 aliphatic heterocycles. The molecule has 0 amide bonds. The molecule has 0 aromatic carbocycles. The Bertz CT molecular complexity index is 584. The number of fused-ring (bicyclic) bond motifs is 1. The molecule has 3 saturated heterocycles. The quantitative estimate of drug-likeness (QED) is 0.491. The molecule has 3 aliphatic rings. The molecule has 4 atom stereocenters. The van der Waals surface area contributed by atoms with Crippen molar-refractivity contribution in [2.45, 2.75) is 116 Å². The van der Waals surface area contributed by atoms with Gasteiger partial charge < -0.3 is 23.5 Å². The second kappa shape index (κ2) is 8.16. The second-order valence-electron chi connectivity index (χ2n) is 13.2. The van der Waals surface area contributed by atoms with E-state index < -0.39 is 35.4 Å². The van der Waals surface area contributed by atoms with Gasteiger partial charge in [0.1, 0.15) is 18.3 Å². The molecule has 9 heteroatoms. The van der Waals surface area contributed by atoms with Crippen LogP contribution in [0.4, 0.5) is 0 Å². The Morgan fingerprint density at radius 3 is 1.80 bits per heavy atom. The minimum atomic E-state index is -1.99. The van der Waals surface area contributed by atoms with Crippen LogP contribution in [0.15, 0.2) is 0 Å². The molecule has 176 valence electrons. The minimum Gasteiger partial charge on any atom is -0.417 e. The molecule has 5 nitrogen and oxygen atoms in total. The fourth-order valence-corrected chi connectivity index (χ4v) is 101. The van der Waals surface area contributed by atoms with Gasteiger partial charge in [0.15, 0.2) is 18.9 Å². The molecule has 0 N–H and O–H groups in total. The van der Waals surface area contributed by atoms with E-state index in [9.17, 15) is 0 Å². The highest BCUT2D eigenvalue weighted by atomic mass is 29.9. The zero-order valence-electron chi connectivity index (χ0n) is 21.4. The summed E-state index contributed by atoms with van der Waals surface area (Å²) in [6.45, 7) is 28.5. The van der Waals surface area contributed by atoms with Gasteiger partial charge in [-0.2, -0.15) is 0 Å². The molecule has 0 saturated carbocycles. The monoisotopic (exact) mass is 489 g/mol. The van der Waals surface area contributed by atoms with Crippen LogP contribution < -0.4 is 0 Å². The van der Waals surface area contributed by atoms with E-state index in [1.807, 2.05) is 13.8 Å². The van der Waals surface area contributed by atoms with Crippen molar-refractivity contribution in [2.24, 2.45) is 0 Å². The Kier molecular flexibility index (Phi) is 6.88. The zero-order valence-corrected chi connectivity index (χ0v) is 25.4. The second-order valence-corrected chi connectivity index (χ2v) is 52.6. The summed E-state index contributed by atoms with van der Waals surface area (Å²) in [7, 11) is -4.66. The van der Waals surface area contributed by atoms with Gasteiger partial charge in [-0.25, -0.2) is 0 Å². The lowest BCUT2D eigenvalue weighted by Crippen LogP contribution is -2.85. The molecular formula is C21H47NO4Si4. The zero-order chi connectivity index (χ0) is 22.8. The van der Waals surface area contributed by atoms with E-state index in [1.165, 1.54) is 25.9 Å². The first-order valence-corrected chi connectivity index (χ1v) is 27.3. The Labute approximate surface area is 188 Å². The molecule has 0 aliphatic carbocycles. The number of rotatable bonds is 7. The average molecular weight is 490 g/mol. The van der Waals surface area contributed by atoms with Crippen LogP contribution in [0, 0.1) is 0 Å². The number of hydrogen-bond acceptors (Lipinski definition) is 5. The van der Waals surface area contributed by atoms with Crippen molar-refractivity contribution in [3.05, 3.63) is 0 Å². The summed E-state index contributed by atoms with van der Waals surface area (Å²) < 4.78 is 26.8. The molecule has 0 spiro atoms. The van der Waals surface area contributed by atoms with Crippen molar-refractivity contribution < 1.29 is 18.6 Å². The van der Waals surface area contributed by atoms with Gasteiger partial charge in [-0.1, -0.05) is 58.9 Å². The van der Waals surface area contributed by atoms with Crippen LogP contribution in [-0.2, 0) is 18.6 Å².